The van der Waals surface area contributed by atoms with Gasteiger partial charge in [-0.15, -0.1) is 0 Å². The normalized spacial score (nSPS) is 10.5. The molecule has 0 aliphatic rings. The first kappa shape index (κ1) is 22.8. The van der Waals surface area contributed by atoms with Gasteiger partial charge in [-0.2, -0.15) is 0 Å². The summed E-state index contributed by atoms with van der Waals surface area (Å²) in [5, 5.41) is 4.23. The molecule has 0 aliphatic heterocycles. The molecule has 0 amide bonds. The van der Waals surface area contributed by atoms with Crippen LogP contribution in [-0.2, 0) is 16.1 Å². The summed E-state index contributed by atoms with van der Waals surface area (Å²) >= 11 is 0. The van der Waals surface area contributed by atoms with Gasteiger partial charge in [-0.3, -0.25) is 0 Å². The topological polar surface area (TPSA) is 86.8 Å². The number of fused-ring (bicyclic) bond motifs is 1. The van der Waals surface area contributed by atoms with E-state index >= 15 is 0 Å². The third-order valence-corrected chi connectivity index (χ3v) is 5.13. The van der Waals surface area contributed by atoms with Gasteiger partial charge in [-0.25, -0.2) is 14.6 Å². The number of nitrogens with zero attached hydrogens (tertiary/aromatic N) is 1. The molecule has 7 heteroatoms. The molecule has 0 aliphatic carbocycles. The summed E-state index contributed by atoms with van der Waals surface area (Å²) in [6.45, 7) is 2.17. The summed E-state index contributed by atoms with van der Waals surface area (Å²) in [7, 11) is 1.35. The molecule has 4 aromatic rings. The van der Waals surface area contributed by atoms with Crippen molar-refractivity contribution in [3.8, 4) is 5.75 Å². The van der Waals surface area contributed by atoms with Crippen molar-refractivity contribution in [1.82, 2.24) is 4.98 Å². The Labute approximate surface area is 197 Å². The number of aromatic nitrogens is 1. The van der Waals surface area contributed by atoms with Crippen molar-refractivity contribution >= 4 is 34.2 Å². The molecule has 7 nitrogen and oxygen atoms in total. The SMILES string of the molecule is CCOC(=O)c1ccccc1OCc1cc(Nc2ccccc2C(=O)OC)c2ccccc2n1. The van der Waals surface area contributed by atoms with E-state index < -0.39 is 11.9 Å². The van der Waals surface area contributed by atoms with Crippen molar-refractivity contribution in [1.29, 1.82) is 0 Å². The van der Waals surface area contributed by atoms with E-state index in [0.29, 0.717) is 28.3 Å². The number of pyridine rings is 1. The number of nitrogens with one attached hydrogen (secondary N) is 1. The Hall–Kier alpha value is -4.39. The van der Waals surface area contributed by atoms with E-state index in [2.05, 4.69) is 5.32 Å². The lowest BCUT2D eigenvalue weighted by Gasteiger charge is -2.15. The third-order valence-electron chi connectivity index (χ3n) is 5.13. The average molecular weight is 456 g/mol. The second-order valence-corrected chi connectivity index (χ2v) is 7.35. The Balaban J connectivity index is 1.66. The summed E-state index contributed by atoms with van der Waals surface area (Å²) < 4.78 is 16.0. The van der Waals surface area contributed by atoms with Gasteiger partial charge in [0.05, 0.1) is 36.2 Å². The highest BCUT2D eigenvalue weighted by Crippen LogP contribution is 2.29. The van der Waals surface area contributed by atoms with Crippen molar-refractivity contribution in [2.45, 2.75) is 13.5 Å². The minimum absolute atomic E-state index is 0.134. The van der Waals surface area contributed by atoms with Crippen LogP contribution in [0.1, 0.15) is 33.3 Å². The van der Waals surface area contributed by atoms with E-state index in [1.807, 2.05) is 42.5 Å². The van der Waals surface area contributed by atoms with Crippen LogP contribution < -0.4 is 10.1 Å². The number of hydrogen-bond donors (Lipinski definition) is 1. The van der Waals surface area contributed by atoms with Gasteiger partial charge in [0.25, 0.3) is 0 Å². The third kappa shape index (κ3) is 4.99. The molecule has 0 spiro atoms. The maximum Gasteiger partial charge on any atom is 0.341 e. The highest BCUT2D eigenvalue weighted by molar-refractivity contribution is 5.99. The van der Waals surface area contributed by atoms with Crippen molar-refractivity contribution in [2.75, 3.05) is 19.0 Å². The van der Waals surface area contributed by atoms with Gasteiger partial charge < -0.3 is 19.5 Å². The van der Waals surface area contributed by atoms with Crippen LogP contribution in [0.2, 0.25) is 0 Å². The quantitative estimate of drug-likeness (QED) is 0.349. The van der Waals surface area contributed by atoms with Gasteiger partial charge in [0.2, 0.25) is 0 Å². The summed E-state index contributed by atoms with van der Waals surface area (Å²) in [5.41, 5.74) is 3.57. The minimum Gasteiger partial charge on any atom is -0.486 e. The van der Waals surface area contributed by atoms with Crippen molar-refractivity contribution in [3.05, 3.63) is 95.7 Å². The number of carbonyl (C=O) groups excluding carboxylic acids is 2. The standard InChI is InChI=1S/C27H24N2O5/c1-3-33-27(31)21-12-6-9-15-25(21)34-17-18-16-24(19-10-4-7-13-22(19)28-18)29-23-14-8-5-11-20(23)26(30)32-2/h4-16H,3,17H2,1-2H3,(H,28,29). The number of hydrogen-bond acceptors (Lipinski definition) is 7. The molecule has 3 aromatic carbocycles. The molecule has 0 fully saturated rings. The highest BCUT2D eigenvalue weighted by atomic mass is 16.5. The molecule has 1 N–H and O–H groups in total. The summed E-state index contributed by atoms with van der Waals surface area (Å²) in [6.07, 6.45) is 0. The van der Waals surface area contributed by atoms with E-state index in [0.717, 1.165) is 16.6 Å². The first-order chi connectivity index (χ1) is 16.6. The lowest BCUT2D eigenvalue weighted by Crippen LogP contribution is -2.09. The number of methoxy groups -OCH3 is 1. The van der Waals surface area contributed by atoms with Crippen LogP contribution in [0.15, 0.2) is 78.9 Å². The number of anilines is 2. The van der Waals surface area contributed by atoms with E-state index in [9.17, 15) is 9.59 Å². The molecule has 172 valence electrons. The predicted octanol–water partition coefficient (Wildman–Crippen LogP) is 5.52. The van der Waals surface area contributed by atoms with Gasteiger partial charge in [-0.05, 0) is 43.3 Å². The summed E-state index contributed by atoms with van der Waals surface area (Å²) in [5.74, 6) is -0.451. The van der Waals surface area contributed by atoms with Gasteiger partial charge in [-0.1, -0.05) is 42.5 Å². The van der Waals surface area contributed by atoms with Crippen LogP contribution in [0.4, 0.5) is 11.4 Å². The first-order valence-electron chi connectivity index (χ1n) is 10.8. The van der Waals surface area contributed by atoms with Gasteiger partial charge in [0.15, 0.2) is 0 Å². The molecule has 0 saturated heterocycles. The molecule has 1 aromatic heterocycles. The molecule has 34 heavy (non-hydrogen) atoms. The maximum absolute atomic E-state index is 12.3. The molecule has 0 saturated carbocycles. The van der Waals surface area contributed by atoms with Crippen LogP contribution in [-0.4, -0.2) is 30.6 Å². The van der Waals surface area contributed by atoms with E-state index in [4.69, 9.17) is 19.2 Å². The molecule has 0 atom stereocenters. The molecular formula is C27H24N2O5. The van der Waals surface area contributed by atoms with Gasteiger partial charge in [0.1, 0.15) is 17.9 Å². The second kappa shape index (κ2) is 10.5. The Bertz CT molecular complexity index is 1340. The smallest absolute Gasteiger partial charge is 0.341 e. The van der Waals surface area contributed by atoms with Crippen LogP contribution >= 0.6 is 0 Å². The number of carbonyl (C=O) groups is 2. The van der Waals surface area contributed by atoms with Crippen molar-refractivity contribution in [3.63, 3.8) is 0 Å². The number of benzene rings is 3. The van der Waals surface area contributed by atoms with Crippen molar-refractivity contribution in [2.24, 2.45) is 0 Å². The Morgan fingerprint density at radius 2 is 1.56 bits per heavy atom. The largest absolute Gasteiger partial charge is 0.486 e. The lowest BCUT2D eigenvalue weighted by molar-refractivity contribution is 0.0520. The van der Waals surface area contributed by atoms with E-state index in [1.165, 1.54) is 7.11 Å². The minimum atomic E-state index is -0.439. The Morgan fingerprint density at radius 1 is 0.853 bits per heavy atom. The number of ether oxygens (including phenoxy) is 3. The van der Waals surface area contributed by atoms with Crippen molar-refractivity contribution < 1.29 is 23.8 Å². The average Bonchev–Trinajstić information content (AvgIpc) is 2.87. The van der Waals surface area contributed by atoms with E-state index in [1.54, 1.807) is 43.3 Å². The molecule has 0 unspecified atom stereocenters. The van der Waals surface area contributed by atoms with E-state index in [-0.39, 0.29) is 13.2 Å². The summed E-state index contributed by atoms with van der Waals surface area (Å²) in [4.78, 5) is 29.2. The van der Waals surface area contributed by atoms with Crippen LogP contribution in [0, 0.1) is 0 Å². The predicted molar refractivity (Wildman–Crippen MR) is 130 cm³/mol. The van der Waals surface area contributed by atoms with Crippen LogP contribution in [0.25, 0.3) is 10.9 Å². The molecular weight excluding hydrogens is 432 g/mol. The highest BCUT2D eigenvalue weighted by Gasteiger charge is 2.15. The molecule has 0 bridgehead atoms. The summed E-state index contributed by atoms with van der Waals surface area (Å²) in [6, 6.07) is 23.6. The lowest BCUT2D eigenvalue weighted by atomic mass is 10.1. The zero-order chi connectivity index (χ0) is 23.9. The first-order valence-corrected chi connectivity index (χ1v) is 10.8. The monoisotopic (exact) mass is 456 g/mol. The van der Waals surface area contributed by atoms with Crippen LogP contribution in [0.5, 0.6) is 5.75 Å². The number of para-hydroxylation sites is 3. The molecule has 0 radical (unpaired) electrons. The Kier molecular flexibility index (Phi) is 7.03. The zero-order valence-electron chi connectivity index (χ0n) is 18.9. The number of rotatable bonds is 8. The van der Waals surface area contributed by atoms with Gasteiger partial charge >= 0.3 is 11.9 Å². The number of esters is 2. The molecule has 1 heterocycles. The zero-order valence-corrected chi connectivity index (χ0v) is 18.9. The fourth-order valence-corrected chi connectivity index (χ4v) is 3.55. The molecule has 4 rings (SSSR count). The van der Waals surface area contributed by atoms with Crippen LogP contribution in [0.3, 0.4) is 0 Å². The maximum atomic E-state index is 12.3. The Morgan fingerprint density at radius 3 is 2.35 bits per heavy atom. The second-order valence-electron chi connectivity index (χ2n) is 7.35. The fourth-order valence-electron chi connectivity index (χ4n) is 3.55. The van der Waals surface area contributed by atoms with Gasteiger partial charge in [0, 0.05) is 11.1 Å². The fraction of sp³-hybridized carbons (Fsp3) is 0.148.